The molecule has 1 aromatic rings. The van der Waals surface area contributed by atoms with Gasteiger partial charge in [0, 0.05) is 108 Å². The maximum Gasteiger partial charge on any atom is 0.303 e. The maximum atomic E-state index is 15.6. The summed E-state index contributed by atoms with van der Waals surface area (Å²) in [5, 5.41) is 23.0. The molecule has 1 aromatic carbocycles. The molecule has 0 spiro atoms. The van der Waals surface area contributed by atoms with Crippen LogP contribution in [0.5, 0.6) is 11.5 Å². The molecule has 5 aliphatic rings. The van der Waals surface area contributed by atoms with Crippen LogP contribution in [0.1, 0.15) is 138 Å². The van der Waals surface area contributed by atoms with E-state index in [1.807, 2.05) is 0 Å². The third kappa shape index (κ3) is 24.1. The summed E-state index contributed by atoms with van der Waals surface area (Å²) in [6, 6.07) is 0.826. The quantitative estimate of drug-likeness (QED) is 0.0502. The maximum absolute atomic E-state index is 15.6. The number of benzene rings is 1. The van der Waals surface area contributed by atoms with Crippen LogP contribution in [-0.2, 0) is 162 Å². The van der Waals surface area contributed by atoms with Crippen molar-refractivity contribution in [3.05, 3.63) is 40.5 Å². The van der Waals surface area contributed by atoms with Crippen LogP contribution >= 0.6 is 23.5 Å². The second-order valence-corrected chi connectivity index (χ2v) is 27.3. The average molecular weight is 1570 g/mol. The lowest BCUT2D eigenvalue weighted by molar-refractivity contribution is -0.341. The number of carbonyl (C=O) groups is 16. The van der Waals surface area contributed by atoms with Gasteiger partial charge in [-0.2, -0.15) is 0 Å². The highest BCUT2D eigenvalue weighted by atomic mass is 32.2. The predicted octanol–water partition coefficient (Wildman–Crippen LogP) is 2.19. The van der Waals surface area contributed by atoms with Gasteiger partial charge in [0.2, 0.25) is 0 Å². The first-order valence-corrected chi connectivity index (χ1v) is 34.9. The van der Waals surface area contributed by atoms with E-state index in [2.05, 4.69) is 0 Å². The summed E-state index contributed by atoms with van der Waals surface area (Å²) in [5.74, 6) is -18.4. The molecule has 4 aliphatic heterocycles. The fourth-order valence-electron chi connectivity index (χ4n) is 11.9. The number of hydrogen-bond donors (Lipinski definition) is 2. The molecule has 2 N–H and O–H groups in total. The molecule has 0 aromatic heterocycles. The molecular weight excluding hydrogens is 1490 g/mol. The number of Topliss-reactive ketones (excluding diaryl/α,β-unsaturated/α-hetero) is 1. The summed E-state index contributed by atoms with van der Waals surface area (Å²) in [6.45, 7) is 13.7. The van der Waals surface area contributed by atoms with Crippen LogP contribution in [0, 0.1) is 0 Å². The number of aromatic hydroxyl groups is 2. The summed E-state index contributed by atoms with van der Waals surface area (Å²) in [6.07, 6.45) is -31.2. The van der Waals surface area contributed by atoms with E-state index in [1.54, 1.807) is 19.9 Å². The summed E-state index contributed by atoms with van der Waals surface area (Å²) in [4.78, 5) is 209. The van der Waals surface area contributed by atoms with Crippen LogP contribution in [0.4, 0.5) is 0 Å². The Kier molecular flexibility index (Phi) is 31.8. The van der Waals surface area contributed by atoms with Crippen molar-refractivity contribution >= 4 is 119 Å². The minimum absolute atomic E-state index is 0.236. The van der Waals surface area contributed by atoms with Gasteiger partial charge in [-0.3, -0.25) is 76.7 Å². The predicted molar refractivity (Wildman–Crippen MR) is 354 cm³/mol. The highest BCUT2D eigenvalue weighted by Crippen LogP contribution is 2.49. The lowest BCUT2D eigenvalue weighted by Crippen LogP contribution is -2.67. The normalized spacial score (nSPS) is 28.8. The third-order valence-corrected chi connectivity index (χ3v) is 18.3. The van der Waals surface area contributed by atoms with Crippen molar-refractivity contribution in [2.24, 2.45) is 0 Å². The van der Waals surface area contributed by atoms with Crippen molar-refractivity contribution in [2.75, 3.05) is 26.4 Å². The molecule has 6 rings (SSSR count). The number of ether oxygens (including phenoxy) is 20. The van der Waals surface area contributed by atoms with Crippen molar-refractivity contribution in [3.63, 3.8) is 0 Å². The first-order valence-electron chi connectivity index (χ1n) is 33.1. The number of fused-ring (bicyclic) bond motifs is 1. The van der Waals surface area contributed by atoms with Gasteiger partial charge >= 0.3 is 83.6 Å². The number of ketones is 2. The van der Waals surface area contributed by atoms with Gasteiger partial charge in [-0.05, 0) is 32.4 Å². The molecule has 0 bridgehead atoms. The van der Waals surface area contributed by atoms with Gasteiger partial charge in [-0.1, -0.05) is 23.4 Å². The lowest BCUT2D eigenvalue weighted by Gasteiger charge is -2.49. The third-order valence-electron chi connectivity index (χ3n) is 15.7. The Bertz CT molecular complexity index is 3670. The largest absolute Gasteiger partial charge is 0.507 e. The number of rotatable bonds is 29. The highest BCUT2D eigenvalue weighted by Gasteiger charge is 2.61. The molecule has 40 heteroatoms. The molecule has 1 aliphatic carbocycles. The number of phenols is 2. The van der Waals surface area contributed by atoms with E-state index in [1.165, 1.54) is 0 Å². The minimum Gasteiger partial charge on any atom is -0.507 e. The van der Waals surface area contributed by atoms with E-state index in [4.69, 9.17) is 94.7 Å². The molecule has 1 unspecified atom stereocenters. The van der Waals surface area contributed by atoms with Gasteiger partial charge in [0.1, 0.15) is 85.4 Å². The van der Waals surface area contributed by atoms with Crippen molar-refractivity contribution in [2.45, 2.75) is 248 Å². The van der Waals surface area contributed by atoms with E-state index in [9.17, 15) is 82.1 Å². The van der Waals surface area contributed by atoms with E-state index in [0.717, 1.165) is 109 Å². The SMILES string of the molecule is CC(=O)OC[C@H]1O[C@@H](Sc2cc(O)c3c(c2O)C(=O)C(C(CC=C(C)C)S[C@@H]2O[C@H](COC(C)=O)[C@@H](O[C@@H]4O[C@H](COC(C)=O)[C@@H](OC(C)=O)[C@H](OC(C)=O)[C@H]4OC(C)=O)[C@H](OC(C)=O)[C@H]2OC(C)=O)=CC3=O)[C@H](OC(C)=O)[C@@H](OC(C)=O)[C@@H]1O[C@@H]1O[C@H](COC(C)=O)[C@@H](OC(C)=O)[C@H](OC(C)=O)[C@H]1OC(C)=O. The van der Waals surface area contributed by atoms with Crippen LogP contribution in [0.15, 0.2) is 34.3 Å². The number of phenolic OH excluding ortho intramolecular Hbond substituents is 2. The van der Waals surface area contributed by atoms with Crippen LogP contribution in [0.3, 0.4) is 0 Å². The van der Waals surface area contributed by atoms with Crippen LogP contribution in [-0.4, -0.2) is 258 Å². The van der Waals surface area contributed by atoms with Gasteiger partial charge in [0.05, 0.1) is 16.0 Å². The summed E-state index contributed by atoms with van der Waals surface area (Å²) in [7, 11) is 0. The van der Waals surface area contributed by atoms with Crippen molar-refractivity contribution in [1.82, 2.24) is 0 Å². The molecule has 596 valence electrons. The van der Waals surface area contributed by atoms with Gasteiger partial charge in [-0.25, -0.2) is 0 Å². The zero-order valence-corrected chi connectivity index (χ0v) is 62.9. The van der Waals surface area contributed by atoms with Gasteiger partial charge in [-0.15, -0.1) is 11.8 Å². The number of carbonyl (C=O) groups excluding carboxylic acids is 16. The molecule has 38 nitrogen and oxygen atoms in total. The first kappa shape index (κ1) is 87.6. The number of thioether (sulfide) groups is 2. The van der Waals surface area contributed by atoms with Crippen molar-refractivity contribution in [1.29, 1.82) is 0 Å². The summed E-state index contributed by atoms with van der Waals surface area (Å²) >= 11 is 1.02. The minimum atomic E-state index is -2.07. The van der Waals surface area contributed by atoms with Crippen molar-refractivity contribution in [3.8, 4) is 11.5 Å². The summed E-state index contributed by atoms with van der Waals surface area (Å²) < 4.78 is 116. The first-order chi connectivity index (χ1) is 50.5. The molecule has 4 fully saturated rings. The molecule has 0 amide bonds. The Labute approximate surface area is 624 Å². The van der Waals surface area contributed by atoms with Crippen LogP contribution in [0.25, 0.3) is 0 Å². The molecule has 4 saturated heterocycles. The monoisotopic (exact) mass is 1570 g/mol. The second-order valence-electron chi connectivity index (χ2n) is 24.9. The molecule has 108 heavy (non-hydrogen) atoms. The Morgan fingerprint density at radius 3 is 1.04 bits per heavy atom. The molecule has 21 atom stereocenters. The zero-order valence-electron chi connectivity index (χ0n) is 61.3. The smallest absolute Gasteiger partial charge is 0.303 e. The fourth-order valence-corrected chi connectivity index (χ4v) is 14.5. The highest BCUT2D eigenvalue weighted by molar-refractivity contribution is 8.00. The zero-order chi connectivity index (χ0) is 80.6. The Balaban J connectivity index is 1.47. The van der Waals surface area contributed by atoms with Crippen LogP contribution < -0.4 is 0 Å². The summed E-state index contributed by atoms with van der Waals surface area (Å²) in [5.41, 5.74) is -5.00. The van der Waals surface area contributed by atoms with Crippen molar-refractivity contribution < 1.29 is 182 Å². The van der Waals surface area contributed by atoms with Gasteiger partial charge in [0.25, 0.3) is 0 Å². The molecule has 0 radical (unpaired) electrons. The van der Waals surface area contributed by atoms with E-state index in [-0.39, 0.29) is 6.42 Å². The number of allylic oxidation sites excluding steroid dienone is 3. The Morgan fingerprint density at radius 2 is 0.694 bits per heavy atom. The topological polar surface area (TPSA) is 498 Å². The van der Waals surface area contributed by atoms with Crippen LogP contribution in [0.2, 0.25) is 0 Å². The lowest BCUT2D eigenvalue weighted by atomic mass is 9.86. The second kappa shape index (κ2) is 39.2. The molecular formula is C68H84O38S2. The molecule has 0 saturated carbocycles. The standard InChI is InChI=1S/C68H84O38S2/c1-25(2)17-18-47(107-67-63(99-38(15)81)59(95-34(11)77)55(45(103-67)23-89-28(5)71)105-65-61(97-36(13)79)57(93-32(9)75)53(91-30(7)73)43(101-65)21-87-26(3)69)40-19-41(83)49-42(84)20-48(52(86)50(49)51(40)85)108-68-64(100-39(16)82)60(96-35(12)78)56(46(104-68)24-90-29(6)72)106-66-62(98-37(14)80)58(94-33(10)76)54(92-31(8)74)44(102-66)22-88-27(4)70/h17,19-20,43-47,53-68,84,86H,18,21-24H2,1-16H3/t43-,44-,45-,46-,47?,53-,54-,55-,56-,57+,58+,59+,60+,61-,62-,63-,64-,65+,66+,67+,68+/m1/s1. The number of esters is 14. The van der Waals surface area contributed by atoms with E-state index >= 15 is 4.79 Å². The Hall–Kier alpha value is -9.32. The van der Waals surface area contributed by atoms with Gasteiger partial charge < -0.3 is 105 Å². The fraction of sp³-hybridized carbons (Fsp3) is 0.618. The van der Waals surface area contributed by atoms with E-state index < -0.39 is 281 Å². The number of hydrogen-bond acceptors (Lipinski definition) is 40. The van der Waals surface area contributed by atoms with E-state index in [0.29, 0.717) is 29.1 Å². The van der Waals surface area contributed by atoms with Gasteiger partial charge in [0.15, 0.2) is 85.2 Å². The molecule has 4 heterocycles. The Morgan fingerprint density at radius 1 is 0.389 bits per heavy atom. The average Bonchev–Trinajstić information content (AvgIpc) is 0.753.